The molecule has 0 amide bonds. The van der Waals surface area contributed by atoms with Gasteiger partial charge in [-0.05, 0) is 44.6 Å². The van der Waals surface area contributed by atoms with Gasteiger partial charge in [0.1, 0.15) is 11.9 Å². The molecule has 0 aliphatic carbocycles. The van der Waals surface area contributed by atoms with Crippen molar-refractivity contribution >= 4 is 17.7 Å². The van der Waals surface area contributed by atoms with Crippen LogP contribution in [0.15, 0.2) is 35.3 Å². The monoisotopic (exact) mass is 321 g/mol. The van der Waals surface area contributed by atoms with Gasteiger partial charge < -0.3 is 15.4 Å². The van der Waals surface area contributed by atoms with E-state index in [9.17, 15) is 0 Å². The normalized spacial score (nSPS) is 19.7. The highest BCUT2D eigenvalue weighted by Crippen LogP contribution is 2.25. The minimum absolute atomic E-state index is 0.0544. The quantitative estimate of drug-likeness (QED) is 0.599. The second kappa shape index (κ2) is 9.62. The summed E-state index contributed by atoms with van der Waals surface area (Å²) in [5.74, 6) is 3.08. The lowest BCUT2D eigenvalue weighted by Gasteiger charge is -2.16. The largest absolute Gasteiger partial charge is 0.489 e. The standard InChI is InChI=1S/C17H27N3OS/c1-3-18-17(20-13-16-10-7-11-22-16)19-12-14(2)21-15-8-5-4-6-9-15/h4-6,8-9,14,16H,3,7,10-13H2,1-2H3,(H2,18,19,20). The van der Waals surface area contributed by atoms with Crippen LogP contribution in [-0.4, -0.2) is 42.7 Å². The third-order valence-corrected chi connectivity index (χ3v) is 4.85. The molecule has 1 saturated heterocycles. The second-order valence-corrected chi connectivity index (χ2v) is 6.89. The zero-order chi connectivity index (χ0) is 15.6. The van der Waals surface area contributed by atoms with Gasteiger partial charge in [-0.15, -0.1) is 0 Å². The fraction of sp³-hybridized carbons (Fsp3) is 0.588. The molecule has 1 aliphatic rings. The maximum atomic E-state index is 5.85. The summed E-state index contributed by atoms with van der Waals surface area (Å²) in [6.07, 6.45) is 2.70. The SMILES string of the molecule is CCNC(=NCC(C)Oc1ccccc1)NCC1CCCS1. The first kappa shape index (κ1) is 17.0. The molecule has 1 heterocycles. The van der Waals surface area contributed by atoms with Crippen molar-refractivity contribution in [1.82, 2.24) is 10.6 Å². The van der Waals surface area contributed by atoms with E-state index in [4.69, 9.17) is 4.74 Å². The maximum absolute atomic E-state index is 5.85. The van der Waals surface area contributed by atoms with Crippen molar-refractivity contribution in [3.05, 3.63) is 30.3 Å². The number of nitrogens with one attached hydrogen (secondary N) is 2. The maximum Gasteiger partial charge on any atom is 0.191 e. The fourth-order valence-electron chi connectivity index (χ4n) is 2.35. The summed E-state index contributed by atoms with van der Waals surface area (Å²) in [6.45, 7) is 6.64. The lowest BCUT2D eigenvalue weighted by molar-refractivity contribution is 0.230. The van der Waals surface area contributed by atoms with Crippen molar-refractivity contribution in [1.29, 1.82) is 0 Å². The van der Waals surface area contributed by atoms with Crippen LogP contribution in [-0.2, 0) is 0 Å². The zero-order valence-electron chi connectivity index (χ0n) is 13.5. The van der Waals surface area contributed by atoms with Crippen LogP contribution in [0.2, 0.25) is 0 Å². The minimum atomic E-state index is 0.0544. The molecular weight excluding hydrogens is 294 g/mol. The molecule has 0 spiro atoms. The average molecular weight is 321 g/mol. The summed E-state index contributed by atoms with van der Waals surface area (Å²) in [5, 5.41) is 7.47. The van der Waals surface area contributed by atoms with Crippen LogP contribution in [0, 0.1) is 0 Å². The third kappa shape index (κ3) is 6.18. The van der Waals surface area contributed by atoms with E-state index >= 15 is 0 Å². The first-order chi connectivity index (χ1) is 10.8. The number of nitrogens with zero attached hydrogens (tertiary/aromatic N) is 1. The average Bonchev–Trinajstić information content (AvgIpc) is 3.04. The molecule has 4 nitrogen and oxygen atoms in total. The molecule has 0 bridgehead atoms. The van der Waals surface area contributed by atoms with Gasteiger partial charge in [-0.1, -0.05) is 18.2 Å². The van der Waals surface area contributed by atoms with Crippen molar-refractivity contribution in [2.75, 3.05) is 25.4 Å². The Balaban J connectivity index is 1.77. The first-order valence-electron chi connectivity index (χ1n) is 8.13. The molecule has 2 N–H and O–H groups in total. The molecule has 5 heteroatoms. The highest BCUT2D eigenvalue weighted by atomic mass is 32.2. The first-order valence-corrected chi connectivity index (χ1v) is 9.18. The van der Waals surface area contributed by atoms with Gasteiger partial charge in [0.05, 0.1) is 6.54 Å². The van der Waals surface area contributed by atoms with Crippen molar-refractivity contribution in [2.24, 2.45) is 4.99 Å². The minimum Gasteiger partial charge on any atom is -0.489 e. The number of thioether (sulfide) groups is 1. The Morgan fingerprint density at radius 3 is 2.86 bits per heavy atom. The van der Waals surface area contributed by atoms with Gasteiger partial charge in [0.2, 0.25) is 0 Å². The van der Waals surface area contributed by atoms with Crippen LogP contribution in [0.5, 0.6) is 5.75 Å². The molecule has 1 aliphatic heterocycles. The Labute approximate surface area is 138 Å². The van der Waals surface area contributed by atoms with Crippen LogP contribution >= 0.6 is 11.8 Å². The summed E-state index contributed by atoms with van der Waals surface area (Å²) < 4.78 is 5.85. The molecule has 0 radical (unpaired) electrons. The number of guanidine groups is 1. The van der Waals surface area contributed by atoms with Crippen molar-refractivity contribution in [3.63, 3.8) is 0 Å². The molecular formula is C17H27N3OS. The van der Waals surface area contributed by atoms with E-state index in [-0.39, 0.29) is 6.10 Å². The second-order valence-electron chi connectivity index (χ2n) is 5.48. The number of hydrogen-bond donors (Lipinski definition) is 2. The Morgan fingerprint density at radius 1 is 1.36 bits per heavy atom. The van der Waals surface area contributed by atoms with Crippen LogP contribution in [0.1, 0.15) is 26.7 Å². The van der Waals surface area contributed by atoms with E-state index in [1.165, 1.54) is 18.6 Å². The van der Waals surface area contributed by atoms with Crippen molar-refractivity contribution < 1.29 is 4.74 Å². The molecule has 2 rings (SSSR count). The van der Waals surface area contributed by atoms with Gasteiger partial charge in [0, 0.05) is 18.3 Å². The summed E-state index contributed by atoms with van der Waals surface area (Å²) in [4.78, 5) is 4.63. The molecule has 122 valence electrons. The molecule has 1 aromatic carbocycles. The van der Waals surface area contributed by atoms with Gasteiger partial charge >= 0.3 is 0 Å². The zero-order valence-corrected chi connectivity index (χ0v) is 14.4. The highest BCUT2D eigenvalue weighted by molar-refractivity contribution is 8.00. The van der Waals surface area contributed by atoms with Gasteiger partial charge in [-0.25, -0.2) is 4.99 Å². The Kier molecular flexibility index (Phi) is 7.43. The van der Waals surface area contributed by atoms with E-state index in [1.807, 2.05) is 37.3 Å². The summed E-state index contributed by atoms with van der Waals surface area (Å²) in [5.41, 5.74) is 0. The topological polar surface area (TPSA) is 45.7 Å². The fourth-order valence-corrected chi connectivity index (χ4v) is 3.55. The molecule has 1 aromatic rings. The summed E-state index contributed by atoms with van der Waals surface area (Å²) >= 11 is 2.06. The highest BCUT2D eigenvalue weighted by Gasteiger charge is 2.15. The number of benzene rings is 1. The number of hydrogen-bond acceptors (Lipinski definition) is 3. The summed E-state index contributed by atoms with van der Waals surface area (Å²) in [6, 6.07) is 9.90. The van der Waals surface area contributed by atoms with E-state index in [1.54, 1.807) is 0 Å². The number of ether oxygens (including phenoxy) is 1. The number of aliphatic imine (C=N–C) groups is 1. The number of rotatable bonds is 7. The predicted molar refractivity (Wildman–Crippen MR) is 96.0 cm³/mol. The molecule has 0 aromatic heterocycles. The lowest BCUT2D eigenvalue weighted by Crippen LogP contribution is -2.40. The van der Waals surface area contributed by atoms with Gasteiger partial charge in [0.15, 0.2) is 5.96 Å². The molecule has 1 fully saturated rings. The van der Waals surface area contributed by atoms with Crippen molar-refractivity contribution in [3.8, 4) is 5.75 Å². The molecule has 22 heavy (non-hydrogen) atoms. The Bertz CT molecular complexity index is 446. The Hall–Kier alpha value is -1.36. The predicted octanol–water partition coefficient (Wildman–Crippen LogP) is 2.90. The molecule has 2 atom stereocenters. The Morgan fingerprint density at radius 2 is 2.18 bits per heavy atom. The van der Waals surface area contributed by atoms with Crippen LogP contribution in [0.3, 0.4) is 0 Å². The van der Waals surface area contributed by atoms with E-state index in [2.05, 4.69) is 34.3 Å². The smallest absolute Gasteiger partial charge is 0.191 e. The van der Waals surface area contributed by atoms with Crippen molar-refractivity contribution in [2.45, 2.75) is 38.0 Å². The molecule has 2 unspecified atom stereocenters. The third-order valence-electron chi connectivity index (χ3n) is 3.45. The van der Waals surface area contributed by atoms with Gasteiger partial charge in [0.25, 0.3) is 0 Å². The van der Waals surface area contributed by atoms with Crippen LogP contribution < -0.4 is 15.4 Å². The van der Waals surface area contributed by atoms with Crippen LogP contribution in [0.4, 0.5) is 0 Å². The summed E-state index contributed by atoms with van der Waals surface area (Å²) in [7, 11) is 0. The van der Waals surface area contributed by atoms with E-state index < -0.39 is 0 Å². The van der Waals surface area contributed by atoms with E-state index in [0.29, 0.717) is 6.54 Å². The van der Waals surface area contributed by atoms with E-state index in [0.717, 1.165) is 30.0 Å². The number of para-hydroxylation sites is 1. The molecule has 0 saturated carbocycles. The van der Waals surface area contributed by atoms with Crippen LogP contribution in [0.25, 0.3) is 0 Å². The van der Waals surface area contributed by atoms with Gasteiger partial charge in [-0.2, -0.15) is 11.8 Å². The van der Waals surface area contributed by atoms with Gasteiger partial charge in [-0.3, -0.25) is 0 Å². The lowest BCUT2D eigenvalue weighted by atomic mass is 10.2.